The molecule has 0 radical (unpaired) electrons. The molecule has 1 aliphatic heterocycles. The fourth-order valence-electron chi connectivity index (χ4n) is 2.79. The van der Waals surface area contributed by atoms with Crippen molar-refractivity contribution in [3.05, 3.63) is 33.1 Å². The van der Waals surface area contributed by atoms with Crippen LogP contribution in [0.2, 0.25) is 18.1 Å². The Morgan fingerprint density at radius 3 is 2.42 bits per heavy atom. The summed E-state index contributed by atoms with van der Waals surface area (Å²) in [5, 5.41) is -0.0597. The molecule has 0 bridgehead atoms. The lowest BCUT2D eigenvalue weighted by Crippen LogP contribution is -2.47. The number of nitrogens with two attached hydrogens (primary N) is 1. The second kappa shape index (κ2) is 9.54. The molecule has 1 aromatic heterocycles. The van der Waals surface area contributed by atoms with E-state index in [2.05, 4.69) is 43.6 Å². The van der Waals surface area contributed by atoms with Crippen LogP contribution in [0.5, 0.6) is 0 Å². The highest BCUT2D eigenvalue weighted by molar-refractivity contribution is 6.74. The van der Waals surface area contributed by atoms with Crippen LogP contribution in [0.1, 0.15) is 27.0 Å². The van der Waals surface area contributed by atoms with Gasteiger partial charge in [-0.3, -0.25) is 19.1 Å². The van der Waals surface area contributed by atoms with Crippen molar-refractivity contribution in [2.24, 2.45) is 5.73 Å². The second-order valence-corrected chi connectivity index (χ2v) is 13.7. The molecule has 1 aromatic rings. The van der Waals surface area contributed by atoms with E-state index in [9.17, 15) is 22.8 Å². The number of hydrogen-bond donors (Lipinski definition) is 2. The van der Waals surface area contributed by atoms with Crippen LogP contribution < -0.4 is 17.0 Å². The lowest BCUT2D eigenvalue weighted by atomic mass is 10.1. The molecule has 1 saturated heterocycles. The number of rotatable bonds is 8. The molecule has 0 aliphatic carbocycles. The predicted molar refractivity (Wildman–Crippen MR) is 108 cm³/mol. The van der Waals surface area contributed by atoms with Gasteiger partial charge in [-0.2, -0.15) is 0 Å². The van der Waals surface area contributed by atoms with Gasteiger partial charge in [0.15, 0.2) is 14.5 Å². The van der Waals surface area contributed by atoms with Gasteiger partial charge < -0.3 is 19.6 Å². The van der Waals surface area contributed by atoms with Crippen molar-refractivity contribution in [2.75, 3.05) is 19.8 Å². The molecule has 4 atom stereocenters. The minimum absolute atomic E-state index is 0.0597. The molecule has 0 spiro atoms. The molecule has 13 heteroatoms. The van der Waals surface area contributed by atoms with Crippen LogP contribution in [0.25, 0.3) is 0 Å². The van der Waals surface area contributed by atoms with E-state index in [-0.39, 0.29) is 11.6 Å². The van der Waals surface area contributed by atoms with E-state index >= 15 is 0 Å². The molecule has 2 heterocycles. The van der Waals surface area contributed by atoms with Gasteiger partial charge in [0.25, 0.3) is 5.56 Å². The van der Waals surface area contributed by atoms with Gasteiger partial charge in [-0.25, -0.2) is 4.79 Å². The Bertz CT molecular complexity index is 851. The fourth-order valence-corrected chi connectivity index (χ4v) is 3.81. The molecule has 31 heavy (non-hydrogen) atoms. The SMILES string of the molecule is CC(C)(C)[Si](C)(C)OC[C@H]1O[C@@H](n2ccc(=O)[nH]c2=O)[C@H](OCCOC(F)(F)F)[C@@H]1N. The molecular weight excluding hydrogens is 439 g/mol. The summed E-state index contributed by atoms with van der Waals surface area (Å²) in [5.74, 6) is 0. The van der Waals surface area contributed by atoms with Crippen molar-refractivity contribution in [1.82, 2.24) is 9.55 Å². The first-order valence-corrected chi connectivity index (χ1v) is 12.7. The van der Waals surface area contributed by atoms with Gasteiger partial charge >= 0.3 is 12.1 Å². The molecule has 178 valence electrons. The Kier molecular flexibility index (Phi) is 7.93. The van der Waals surface area contributed by atoms with Crippen LogP contribution in [0.3, 0.4) is 0 Å². The van der Waals surface area contributed by atoms with E-state index in [0.29, 0.717) is 0 Å². The highest BCUT2D eigenvalue weighted by Crippen LogP contribution is 2.38. The maximum Gasteiger partial charge on any atom is 0.522 e. The number of nitrogens with one attached hydrogen (secondary N) is 1. The first-order valence-electron chi connectivity index (χ1n) is 9.81. The first kappa shape index (κ1) is 25.7. The topological polar surface area (TPSA) is 118 Å². The quantitative estimate of drug-likeness (QED) is 0.440. The highest BCUT2D eigenvalue weighted by Gasteiger charge is 2.46. The summed E-state index contributed by atoms with van der Waals surface area (Å²) in [6.07, 6.45) is -6.26. The summed E-state index contributed by atoms with van der Waals surface area (Å²) in [7, 11) is -2.13. The van der Waals surface area contributed by atoms with E-state index in [1.54, 1.807) is 0 Å². The zero-order chi connectivity index (χ0) is 23.6. The number of nitrogens with zero attached hydrogens (tertiary/aromatic N) is 1. The Balaban J connectivity index is 2.18. The molecule has 0 amide bonds. The van der Waals surface area contributed by atoms with Crippen molar-refractivity contribution in [3.63, 3.8) is 0 Å². The third kappa shape index (κ3) is 6.73. The monoisotopic (exact) mass is 469 g/mol. The van der Waals surface area contributed by atoms with Crippen LogP contribution in [-0.4, -0.2) is 62.3 Å². The number of ether oxygens (including phenoxy) is 3. The summed E-state index contributed by atoms with van der Waals surface area (Å²) < 4.78 is 59.1. The van der Waals surface area contributed by atoms with Gasteiger partial charge in [-0.05, 0) is 18.1 Å². The Morgan fingerprint density at radius 1 is 1.23 bits per heavy atom. The van der Waals surface area contributed by atoms with E-state index in [0.717, 1.165) is 10.6 Å². The second-order valence-electron chi connectivity index (χ2n) is 8.86. The van der Waals surface area contributed by atoms with Gasteiger partial charge in [-0.1, -0.05) is 20.8 Å². The fraction of sp³-hybridized carbons (Fsp3) is 0.778. The Hall–Kier alpha value is -1.51. The largest absolute Gasteiger partial charge is 0.522 e. The summed E-state index contributed by atoms with van der Waals surface area (Å²) in [6.45, 7) is 9.29. The maximum atomic E-state index is 12.2. The third-order valence-corrected chi connectivity index (χ3v) is 10.1. The zero-order valence-corrected chi connectivity index (χ0v) is 19.2. The van der Waals surface area contributed by atoms with Crippen molar-refractivity contribution < 1.29 is 31.8 Å². The number of H-pyrrole nitrogens is 1. The summed E-state index contributed by atoms with van der Waals surface area (Å²) in [6, 6.07) is 0.332. The molecule has 0 unspecified atom stereocenters. The number of aromatic amines is 1. The molecule has 9 nitrogen and oxygen atoms in total. The van der Waals surface area contributed by atoms with E-state index in [4.69, 9.17) is 19.6 Å². The number of aromatic nitrogens is 2. The van der Waals surface area contributed by atoms with Gasteiger partial charge in [0.2, 0.25) is 0 Å². The standard InChI is InChI=1S/C18H30F3N3O6Si/c1-17(2,3)31(4,5)29-10-11-13(22)14(27-8-9-28-18(19,20)21)15(30-11)24-7-6-12(25)23-16(24)26/h6-7,11,13-15H,8-10,22H2,1-5H3,(H,23,25,26)/t11-,13-,14-,15-/m1/s1. The Morgan fingerprint density at radius 2 is 1.87 bits per heavy atom. The minimum Gasteiger partial charge on any atom is -0.414 e. The van der Waals surface area contributed by atoms with Gasteiger partial charge in [-0.15, -0.1) is 13.2 Å². The zero-order valence-electron chi connectivity index (χ0n) is 18.2. The van der Waals surface area contributed by atoms with Gasteiger partial charge in [0, 0.05) is 12.3 Å². The van der Waals surface area contributed by atoms with Crippen LogP contribution in [0.15, 0.2) is 21.9 Å². The predicted octanol–water partition coefficient (Wildman–Crippen LogP) is 1.70. The minimum atomic E-state index is -4.79. The molecule has 0 saturated carbocycles. The Labute approximate surface area is 178 Å². The molecule has 0 aromatic carbocycles. The van der Waals surface area contributed by atoms with Crippen molar-refractivity contribution in [1.29, 1.82) is 0 Å². The van der Waals surface area contributed by atoms with Gasteiger partial charge in [0.1, 0.15) is 12.2 Å². The maximum absolute atomic E-state index is 12.2. The van der Waals surface area contributed by atoms with Crippen LogP contribution >= 0.6 is 0 Å². The van der Waals surface area contributed by atoms with Crippen molar-refractivity contribution in [2.45, 2.75) is 69.7 Å². The summed E-state index contributed by atoms with van der Waals surface area (Å²) in [4.78, 5) is 25.7. The average molecular weight is 470 g/mol. The van der Waals surface area contributed by atoms with Crippen LogP contribution in [-0.2, 0) is 18.6 Å². The third-order valence-electron chi connectivity index (χ3n) is 5.60. The number of hydrogen-bond acceptors (Lipinski definition) is 7. The van der Waals surface area contributed by atoms with Gasteiger partial charge in [0.05, 0.1) is 25.9 Å². The van der Waals surface area contributed by atoms with Crippen LogP contribution in [0.4, 0.5) is 13.2 Å². The molecule has 1 aliphatic rings. The lowest BCUT2D eigenvalue weighted by Gasteiger charge is -2.37. The summed E-state index contributed by atoms with van der Waals surface area (Å²) >= 11 is 0. The van der Waals surface area contributed by atoms with E-state index in [1.165, 1.54) is 6.20 Å². The summed E-state index contributed by atoms with van der Waals surface area (Å²) in [5.41, 5.74) is 4.92. The van der Waals surface area contributed by atoms with E-state index < -0.39 is 63.6 Å². The lowest BCUT2D eigenvalue weighted by molar-refractivity contribution is -0.327. The average Bonchev–Trinajstić information content (AvgIpc) is 2.91. The molecule has 3 N–H and O–H groups in total. The smallest absolute Gasteiger partial charge is 0.414 e. The molecular formula is C18H30F3N3O6Si. The number of alkyl halides is 3. The van der Waals surface area contributed by atoms with E-state index in [1.807, 2.05) is 0 Å². The first-order chi connectivity index (χ1) is 14.1. The van der Waals surface area contributed by atoms with Crippen molar-refractivity contribution in [3.8, 4) is 0 Å². The normalized spacial score (nSPS) is 25.2. The molecule has 1 fully saturated rings. The number of halogens is 3. The van der Waals surface area contributed by atoms with Crippen molar-refractivity contribution >= 4 is 8.32 Å². The van der Waals surface area contributed by atoms with Crippen LogP contribution in [0, 0.1) is 0 Å². The molecule has 2 rings (SSSR count). The highest BCUT2D eigenvalue weighted by atomic mass is 28.4.